The fourth-order valence-corrected chi connectivity index (χ4v) is 3.76. The Hall–Kier alpha value is -0.910. The van der Waals surface area contributed by atoms with Crippen LogP contribution in [0.1, 0.15) is 89.9 Å². The maximum atomic E-state index is 11.0. The number of aliphatic carboxylic acids is 1. The van der Waals surface area contributed by atoms with Gasteiger partial charge in [0.05, 0.1) is 21.1 Å². The summed E-state index contributed by atoms with van der Waals surface area (Å²) in [5, 5.41) is 30.4. The smallest absolute Gasteiger partial charge is 0.119 e. The lowest BCUT2D eigenvalue weighted by Gasteiger charge is -2.36. The van der Waals surface area contributed by atoms with E-state index in [1.807, 2.05) is 21.1 Å². The van der Waals surface area contributed by atoms with Gasteiger partial charge in [0.1, 0.15) is 12.1 Å². The SMILES string of the molecule is C[N+](C)(C)CC(O)(CCCCCCCC/C=C\CCCCCCO)CC(=O)[O-]. The van der Waals surface area contributed by atoms with E-state index >= 15 is 0 Å². The number of likely N-dealkylation sites (N-methyl/N-ethyl adjacent to an activating group) is 1. The lowest BCUT2D eigenvalue weighted by molar-refractivity contribution is -0.877. The minimum atomic E-state index is -1.17. The Kier molecular flexibility index (Phi) is 15.4. The third kappa shape index (κ3) is 18.5. The third-order valence-electron chi connectivity index (χ3n) is 4.95. The van der Waals surface area contributed by atoms with E-state index in [9.17, 15) is 15.0 Å². The number of carboxylic acid groups (broad SMARTS) is 1. The highest BCUT2D eigenvalue weighted by Crippen LogP contribution is 2.22. The van der Waals surface area contributed by atoms with E-state index in [4.69, 9.17) is 5.11 Å². The number of carboxylic acids is 1. The normalized spacial score (nSPS) is 14.5. The molecule has 0 aromatic rings. The number of rotatable bonds is 19. The molecule has 0 radical (unpaired) electrons. The van der Waals surface area contributed by atoms with Gasteiger partial charge in [-0.2, -0.15) is 0 Å². The van der Waals surface area contributed by atoms with Crippen LogP contribution in [0.5, 0.6) is 0 Å². The van der Waals surface area contributed by atoms with Crippen LogP contribution in [0.2, 0.25) is 0 Å². The zero-order valence-electron chi connectivity index (χ0n) is 18.6. The Morgan fingerprint density at radius 1 is 0.857 bits per heavy atom. The van der Waals surface area contributed by atoms with Crippen molar-refractivity contribution in [2.24, 2.45) is 0 Å². The van der Waals surface area contributed by atoms with E-state index in [1.165, 1.54) is 32.1 Å². The van der Waals surface area contributed by atoms with E-state index in [1.54, 1.807) is 0 Å². The first-order valence-electron chi connectivity index (χ1n) is 11.2. The molecule has 0 aliphatic heterocycles. The van der Waals surface area contributed by atoms with Gasteiger partial charge in [-0.05, 0) is 38.5 Å². The van der Waals surface area contributed by atoms with Crippen LogP contribution in [-0.2, 0) is 4.79 Å². The van der Waals surface area contributed by atoms with E-state index < -0.39 is 11.6 Å². The number of carbonyl (C=O) groups is 1. The molecule has 5 nitrogen and oxygen atoms in total. The quantitative estimate of drug-likeness (QED) is 0.199. The van der Waals surface area contributed by atoms with Gasteiger partial charge in [-0.25, -0.2) is 0 Å². The Labute approximate surface area is 173 Å². The molecule has 5 heteroatoms. The second-order valence-corrected chi connectivity index (χ2v) is 9.28. The van der Waals surface area contributed by atoms with Crippen molar-refractivity contribution in [2.45, 2.75) is 95.5 Å². The number of allylic oxidation sites excluding steroid dienone is 2. The number of quaternary nitrogens is 1. The molecular weight excluding hydrogens is 354 g/mol. The molecule has 0 aliphatic carbocycles. The number of hydrogen-bond acceptors (Lipinski definition) is 4. The molecule has 0 aliphatic rings. The summed E-state index contributed by atoms with van der Waals surface area (Å²) < 4.78 is 0.542. The number of hydrogen-bond donors (Lipinski definition) is 2. The van der Waals surface area contributed by atoms with Crippen molar-refractivity contribution < 1.29 is 24.6 Å². The van der Waals surface area contributed by atoms with Crippen LogP contribution in [-0.4, -0.2) is 60.6 Å². The molecule has 0 saturated carbocycles. The zero-order chi connectivity index (χ0) is 21.3. The molecule has 2 N–H and O–H groups in total. The summed E-state index contributed by atoms with van der Waals surface area (Å²) in [4.78, 5) is 11.0. The van der Waals surface area contributed by atoms with Crippen molar-refractivity contribution in [1.29, 1.82) is 0 Å². The first-order valence-corrected chi connectivity index (χ1v) is 11.2. The van der Waals surface area contributed by atoms with E-state index in [0.717, 1.165) is 44.9 Å². The predicted molar refractivity (Wildman–Crippen MR) is 114 cm³/mol. The van der Waals surface area contributed by atoms with Crippen LogP contribution < -0.4 is 5.11 Å². The summed E-state index contributed by atoms with van der Waals surface area (Å²) in [6, 6.07) is 0. The second-order valence-electron chi connectivity index (χ2n) is 9.28. The van der Waals surface area contributed by atoms with E-state index in [0.29, 0.717) is 24.1 Å². The van der Waals surface area contributed by atoms with Crippen LogP contribution in [0.25, 0.3) is 0 Å². The molecule has 166 valence electrons. The minimum absolute atomic E-state index is 0.281. The van der Waals surface area contributed by atoms with E-state index in [-0.39, 0.29) is 6.42 Å². The summed E-state index contributed by atoms with van der Waals surface area (Å²) in [5.74, 6) is -1.17. The van der Waals surface area contributed by atoms with Gasteiger partial charge in [0, 0.05) is 19.0 Å². The maximum absolute atomic E-state index is 11.0. The lowest BCUT2D eigenvalue weighted by Crippen LogP contribution is -2.51. The molecule has 1 unspecified atom stereocenters. The zero-order valence-corrected chi connectivity index (χ0v) is 18.6. The number of carbonyl (C=O) groups excluding carboxylic acids is 1. The first kappa shape index (κ1) is 27.1. The van der Waals surface area contributed by atoms with Crippen LogP contribution in [0.15, 0.2) is 12.2 Å². The van der Waals surface area contributed by atoms with Gasteiger partial charge < -0.3 is 24.6 Å². The van der Waals surface area contributed by atoms with E-state index in [2.05, 4.69) is 12.2 Å². The van der Waals surface area contributed by atoms with Crippen LogP contribution in [0, 0.1) is 0 Å². The third-order valence-corrected chi connectivity index (χ3v) is 4.95. The van der Waals surface area contributed by atoms with Gasteiger partial charge in [-0.15, -0.1) is 0 Å². The largest absolute Gasteiger partial charge is 0.550 e. The average Bonchev–Trinajstić information content (AvgIpc) is 2.55. The molecule has 0 bridgehead atoms. The second kappa shape index (κ2) is 15.9. The highest BCUT2D eigenvalue weighted by molar-refractivity contribution is 5.65. The molecule has 0 aromatic carbocycles. The van der Waals surface area contributed by atoms with Crippen molar-refractivity contribution in [3.63, 3.8) is 0 Å². The summed E-state index contributed by atoms with van der Waals surface area (Å²) in [6.07, 6.45) is 18.3. The molecule has 0 fully saturated rings. The van der Waals surface area contributed by atoms with Gasteiger partial charge in [0.15, 0.2) is 0 Å². The molecule has 0 aromatic heterocycles. The summed E-state index contributed by atoms with van der Waals surface area (Å²) in [7, 11) is 5.89. The number of aliphatic hydroxyl groups is 2. The molecule has 0 rings (SSSR count). The molecular formula is C23H45NO4. The molecule has 0 amide bonds. The topological polar surface area (TPSA) is 80.6 Å². The highest BCUT2D eigenvalue weighted by Gasteiger charge is 2.33. The average molecular weight is 400 g/mol. The van der Waals surface area contributed by atoms with Crippen molar-refractivity contribution in [2.75, 3.05) is 34.3 Å². The maximum Gasteiger partial charge on any atom is 0.119 e. The molecule has 1 atom stereocenters. The monoisotopic (exact) mass is 399 g/mol. The Bertz CT molecular complexity index is 417. The Morgan fingerprint density at radius 2 is 1.32 bits per heavy atom. The highest BCUT2D eigenvalue weighted by atomic mass is 16.4. The first-order chi connectivity index (χ1) is 13.2. The fraction of sp³-hybridized carbons (Fsp3) is 0.870. The summed E-state index contributed by atoms with van der Waals surface area (Å²) in [5.41, 5.74) is -1.17. The Balaban J connectivity index is 3.69. The van der Waals surface area contributed by atoms with Gasteiger partial charge in [0.2, 0.25) is 0 Å². The summed E-state index contributed by atoms with van der Waals surface area (Å²) >= 11 is 0. The number of nitrogens with zero attached hydrogens (tertiary/aromatic N) is 1. The molecule has 0 saturated heterocycles. The minimum Gasteiger partial charge on any atom is -0.550 e. The lowest BCUT2D eigenvalue weighted by atomic mass is 9.91. The van der Waals surface area contributed by atoms with Gasteiger partial charge >= 0.3 is 0 Å². The van der Waals surface area contributed by atoms with Gasteiger partial charge in [-0.1, -0.05) is 57.1 Å². The number of unbranched alkanes of at least 4 members (excludes halogenated alkanes) is 10. The van der Waals surface area contributed by atoms with Gasteiger partial charge in [0.25, 0.3) is 0 Å². The van der Waals surface area contributed by atoms with Crippen molar-refractivity contribution in [3.8, 4) is 0 Å². The van der Waals surface area contributed by atoms with Gasteiger partial charge in [-0.3, -0.25) is 0 Å². The van der Waals surface area contributed by atoms with Crippen molar-refractivity contribution in [3.05, 3.63) is 12.2 Å². The van der Waals surface area contributed by atoms with Crippen LogP contribution in [0.3, 0.4) is 0 Å². The fourth-order valence-electron chi connectivity index (χ4n) is 3.76. The van der Waals surface area contributed by atoms with Crippen LogP contribution >= 0.6 is 0 Å². The molecule has 28 heavy (non-hydrogen) atoms. The molecule has 0 heterocycles. The van der Waals surface area contributed by atoms with Crippen molar-refractivity contribution >= 4 is 5.97 Å². The predicted octanol–water partition coefficient (Wildman–Crippen LogP) is 3.18. The summed E-state index contributed by atoms with van der Waals surface area (Å²) in [6.45, 7) is 0.738. The van der Waals surface area contributed by atoms with Crippen molar-refractivity contribution in [1.82, 2.24) is 0 Å². The number of aliphatic hydroxyl groups excluding tert-OH is 1. The molecule has 0 spiro atoms. The standard InChI is InChI=1S/C23H45NO4/c1-24(2,3)21-23(28,20-22(26)27)18-16-14-12-10-8-6-4-5-7-9-11-13-15-17-19-25/h5,7,25,28H,4,6,8-21H2,1-3H3/b7-5-. The Morgan fingerprint density at radius 3 is 1.79 bits per heavy atom. The van der Waals surface area contributed by atoms with Crippen LogP contribution in [0.4, 0.5) is 0 Å².